The molecule has 2 rings (SSSR count). The van der Waals surface area contributed by atoms with Crippen LogP contribution in [-0.2, 0) is 19.1 Å². The van der Waals surface area contributed by atoms with Gasteiger partial charge in [-0.3, -0.25) is 9.59 Å². The number of aliphatic carboxylic acids is 1. The van der Waals surface area contributed by atoms with Crippen LogP contribution in [0.2, 0.25) is 0 Å². The Morgan fingerprint density at radius 1 is 0.867 bits per heavy atom. The normalized spacial score (nSPS) is 18.7. The minimum Gasteiger partial charge on any atom is -0.481 e. The van der Waals surface area contributed by atoms with E-state index in [1.165, 1.54) is 18.2 Å². The molecule has 0 aromatic heterocycles. The molecule has 2 N–H and O–H groups in total. The van der Waals surface area contributed by atoms with Gasteiger partial charge in [0.1, 0.15) is 0 Å². The quantitative estimate of drug-likeness (QED) is 0.648. The molecular formula is C22H29NO7. The van der Waals surface area contributed by atoms with Crippen molar-refractivity contribution in [2.45, 2.75) is 65.6 Å². The van der Waals surface area contributed by atoms with Gasteiger partial charge in [-0.15, -0.1) is 0 Å². The Balaban J connectivity index is 2.32. The first-order chi connectivity index (χ1) is 14.1. The highest BCUT2D eigenvalue weighted by molar-refractivity contribution is 6.00. The number of nitrogens with one attached hydrogen (secondary N) is 1. The van der Waals surface area contributed by atoms with E-state index in [4.69, 9.17) is 9.47 Å². The zero-order chi connectivity index (χ0) is 22.4. The number of rotatable bonds is 7. The number of hydrogen-bond donors (Lipinski definition) is 2. The Hall–Kier alpha value is -2.90. The lowest BCUT2D eigenvalue weighted by atomic mass is 9.78. The van der Waals surface area contributed by atoms with Gasteiger partial charge in [-0.05, 0) is 58.7 Å². The Morgan fingerprint density at radius 3 is 1.77 bits per heavy atom. The molecule has 2 atom stereocenters. The van der Waals surface area contributed by atoms with Gasteiger partial charge in [0.15, 0.2) is 0 Å². The van der Waals surface area contributed by atoms with Crippen molar-refractivity contribution in [3.8, 4) is 0 Å². The number of ether oxygens (including phenoxy) is 2. The molecule has 164 valence electrons. The maximum absolute atomic E-state index is 12.8. The number of benzene rings is 1. The summed E-state index contributed by atoms with van der Waals surface area (Å²) in [6, 6.07) is 4.17. The van der Waals surface area contributed by atoms with Crippen LogP contribution in [0.1, 0.15) is 74.1 Å². The molecule has 0 radical (unpaired) electrons. The third kappa shape index (κ3) is 6.30. The van der Waals surface area contributed by atoms with Gasteiger partial charge >= 0.3 is 17.9 Å². The maximum atomic E-state index is 12.8. The first-order valence-corrected chi connectivity index (χ1v) is 10.2. The van der Waals surface area contributed by atoms with Crippen molar-refractivity contribution in [1.82, 2.24) is 0 Å². The number of anilines is 1. The highest BCUT2D eigenvalue weighted by Crippen LogP contribution is 2.31. The van der Waals surface area contributed by atoms with Gasteiger partial charge in [-0.1, -0.05) is 12.8 Å². The first kappa shape index (κ1) is 23.4. The van der Waals surface area contributed by atoms with E-state index in [1.807, 2.05) is 0 Å². The third-order valence-electron chi connectivity index (χ3n) is 4.78. The van der Waals surface area contributed by atoms with E-state index in [9.17, 15) is 24.3 Å². The number of carboxylic acid groups (broad SMARTS) is 1. The zero-order valence-corrected chi connectivity index (χ0v) is 17.8. The molecule has 0 saturated heterocycles. The van der Waals surface area contributed by atoms with Gasteiger partial charge in [0.05, 0.1) is 35.2 Å². The van der Waals surface area contributed by atoms with Crippen molar-refractivity contribution >= 4 is 29.5 Å². The minimum absolute atomic E-state index is 0.0932. The van der Waals surface area contributed by atoms with E-state index < -0.39 is 35.7 Å². The maximum Gasteiger partial charge on any atom is 0.338 e. The average Bonchev–Trinajstić information content (AvgIpc) is 2.66. The molecule has 1 aliphatic carbocycles. The Labute approximate surface area is 175 Å². The fourth-order valence-corrected chi connectivity index (χ4v) is 3.47. The molecule has 1 aromatic rings. The van der Waals surface area contributed by atoms with Crippen molar-refractivity contribution in [1.29, 1.82) is 0 Å². The van der Waals surface area contributed by atoms with Gasteiger partial charge in [0.2, 0.25) is 5.91 Å². The van der Waals surface area contributed by atoms with E-state index >= 15 is 0 Å². The summed E-state index contributed by atoms with van der Waals surface area (Å²) >= 11 is 0. The number of carbonyl (C=O) groups is 4. The molecule has 1 saturated carbocycles. The molecule has 0 unspecified atom stereocenters. The van der Waals surface area contributed by atoms with Crippen LogP contribution in [0.25, 0.3) is 0 Å². The van der Waals surface area contributed by atoms with Crippen LogP contribution in [0, 0.1) is 11.8 Å². The van der Waals surface area contributed by atoms with Crippen molar-refractivity contribution in [3.05, 3.63) is 29.3 Å². The lowest BCUT2D eigenvalue weighted by molar-refractivity contribution is -0.147. The summed E-state index contributed by atoms with van der Waals surface area (Å²) in [6.45, 7) is 6.80. The highest BCUT2D eigenvalue weighted by atomic mass is 16.5. The highest BCUT2D eigenvalue weighted by Gasteiger charge is 2.35. The van der Waals surface area contributed by atoms with E-state index in [1.54, 1.807) is 27.7 Å². The van der Waals surface area contributed by atoms with Crippen LogP contribution in [0.15, 0.2) is 18.2 Å². The standard InChI is InChI=1S/C22H29NO7/c1-12(2)29-21(27)14-9-15(22(28)30-13(3)4)11-16(10-14)23-19(24)17-7-5-6-8-18(17)20(25)26/h9-13,17-18H,5-8H2,1-4H3,(H,23,24)(H,25,26)/t17-,18-/m0/s1. The van der Waals surface area contributed by atoms with Crippen LogP contribution in [0.3, 0.4) is 0 Å². The van der Waals surface area contributed by atoms with E-state index in [2.05, 4.69) is 5.32 Å². The Morgan fingerprint density at radius 2 is 1.33 bits per heavy atom. The van der Waals surface area contributed by atoms with Gasteiger partial charge in [0, 0.05) is 5.69 Å². The summed E-state index contributed by atoms with van der Waals surface area (Å²) in [5.74, 6) is -4.14. The topological polar surface area (TPSA) is 119 Å². The SMILES string of the molecule is CC(C)OC(=O)c1cc(NC(=O)[C@H]2CCCC[C@@H]2C(=O)O)cc(C(=O)OC(C)C)c1. The number of carbonyl (C=O) groups excluding carboxylic acids is 3. The van der Waals surface area contributed by atoms with Crippen LogP contribution in [0.5, 0.6) is 0 Å². The fourth-order valence-electron chi connectivity index (χ4n) is 3.47. The Bertz CT molecular complexity index is 775. The fraction of sp³-hybridized carbons (Fsp3) is 0.545. The van der Waals surface area contributed by atoms with Crippen molar-refractivity contribution in [2.75, 3.05) is 5.32 Å². The lowest BCUT2D eigenvalue weighted by Crippen LogP contribution is -2.36. The van der Waals surface area contributed by atoms with Crippen LogP contribution < -0.4 is 5.32 Å². The van der Waals surface area contributed by atoms with E-state index in [0.29, 0.717) is 12.8 Å². The predicted octanol–water partition coefficient (Wildman–Crippen LogP) is 3.65. The molecule has 1 aromatic carbocycles. The van der Waals surface area contributed by atoms with Gasteiger partial charge < -0.3 is 19.9 Å². The largest absolute Gasteiger partial charge is 0.481 e. The molecule has 1 aliphatic rings. The van der Waals surface area contributed by atoms with Crippen LogP contribution >= 0.6 is 0 Å². The monoisotopic (exact) mass is 419 g/mol. The molecule has 0 aliphatic heterocycles. The van der Waals surface area contributed by atoms with Crippen molar-refractivity contribution < 1.29 is 33.8 Å². The van der Waals surface area contributed by atoms with Crippen LogP contribution in [-0.4, -0.2) is 41.1 Å². The van der Waals surface area contributed by atoms with Crippen molar-refractivity contribution in [3.63, 3.8) is 0 Å². The molecule has 8 heteroatoms. The third-order valence-corrected chi connectivity index (χ3v) is 4.78. The number of carboxylic acids is 1. The molecular weight excluding hydrogens is 390 g/mol. The number of hydrogen-bond acceptors (Lipinski definition) is 6. The summed E-state index contributed by atoms with van der Waals surface area (Å²) < 4.78 is 10.4. The van der Waals surface area contributed by atoms with Crippen molar-refractivity contribution in [2.24, 2.45) is 11.8 Å². The predicted molar refractivity (Wildman–Crippen MR) is 109 cm³/mol. The summed E-state index contributed by atoms with van der Waals surface area (Å²) in [5.41, 5.74) is 0.398. The Kier molecular flexibility index (Phi) is 7.97. The summed E-state index contributed by atoms with van der Waals surface area (Å²) in [6.07, 6.45) is 1.73. The van der Waals surface area contributed by atoms with E-state index in [-0.39, 0.29) is 29.0 Å². The zero-order valence-electron chi connectivity index (χ0n) is 17.8. The molecule has 8 nitrogen and oxygen atoms in total. The molecule has 1 amide bonds. The molecule has 1 fully saturated rings. The second kappa shape index (κ2) is 10.2. The second-order valence-corrected chi connectivity index (χ2v) is 8.03. The summed E-state index contributed by atoms with van der Waals surface area (Å²) in [4.78, 5) is 49.0. The van der Waals surface area contributed by atoms with Gasteiger partial charge in [-0.2, -0.15) is 0 Å². The summed E-state index contributed by atoms with van der Waals surface area (Å²) in [5, 5.41) is 12.1. The van der Waals surface area contributed by atoms with Gasteiger partial charge in [0.25, 0.3) is 0 Å². The smallest absolute Gasteiger partial charge is 0.338 e. The molecule has 0 heterocycles. The lowest BCUT2D eigenvalue weighted by Gasteiger charge is -2.27. The summed E-state index contributed by atoms with van der Waals surface area (Å²) in [7, 11) is 0. The molecule has 0 spiro atoms. The van der Waals surface area contributed by atoms with E-state index in [0.717, 1.165) is 12.8 Å². The first-order valence-electron chi connectivity index (χ1n) is 10.2. The minimum atomic E-state index is -0.995. The number of amides is 1. The molecule has 0 bridgehead atoms. The van der Waals surface area contributed by atoms with Gasteiger partial charge in [-0.25, -0.2) is 9.59 Å². The molecule has 30 heavy (non-hydrogen) atoms. The van der Waals surface area contributed by atoms with Crippen LogP contribution in [0.4, 0.5) is 5.69 Å². The average molecular weight is 419 g/mol. The number of esters is 2. The second-order valence-electron chi connectivity index (χ2n) is 8.03.